The zero-order valence-electron chi connectivity index (χ0n) is 20.5. The van der Waals surface area contributed by atoms with Gasteiger partial charge >= 0.3 is 0 Å². The van der Waals surface area contributed by atoms with Crippen molar-refractivity contribution >= 4 is 27.2 Å². The molecule has 3 rings (SSSR count). The second-order valence-corrected chi connectivity index (χ2v) is 14.2. The van der Waals surface area contributed by atoms with E-state index in [1.807, 2.05) is 12.1 Å². The van der Waals surface area contributed by atoms with Crippen molar-refractivity contribution in [2.45, 2.75) is 82.6 Å². The highest BCUT2D eigenvalue weighted by Crippen LogP contribution is 2.52. The van der Waals surface area contributed by atoms with Gasteiger partial charge in [-0.25, -0.2) is 8.42 Å². The summed E-state index contributed by atoms with van der Waals surface area (Å²) in [5.74, 6) is 0.880. The van der Waals surface area contributed by atoms with E-state index < -0.39 is 14.6 Å². The smallest absolute Gasteiger partial charge is 0.163 e. The van der Waals surface area contributed by atoms with Gasteiger partial charge in [-0.05, 0) is 80.5 Å². The summed E-state index contributed by atoms with van der Waals surface area (Å²) in [7, 11) is -3.26. The molecular formula is C28H37ClO3S. The van der Waals surface area contributed by atoms with Crippen molar-refractivity contribution in [1.29, 1.82) is 0 Å². The molecule has 5 heteroatoms. The largest absolute Gasteiger partial charge is 0.294 e. The van der Waals surface area contributed by atoms with Crippen LogP contribution in [-0.2, 0) is 21.0 Å². The summed E-state index contributed by atoms with van der Waals surface area (Å²) in [5.41, 5.74) is 2.70. The quantitative estimate of drug-likeness (QED) is 0.345. The number of ketones is 1. The predicted octanol–water partition coefficient (Wildman–Crippen LogP) is 7.41. The summed E-state index contributed by atoms with van der Waals surface area (Å²) >= 11 is 6.14. The van der Waals surface area contributed by atoms with Gasteiger partial charge in [0.1, 0.15) is 0 Å². The average Bonchev–Trinajstić information content (AvgIpc) is 2.67. The van der Waals surface area contributed by atoms with Gasteiger partial charge in [-0.2, -0.15) is 0 Å². The molecule has 2 aromatic carbocycles. The molecule has 1 aliphatic carbocycles. The van der Waals surface area contributed by atoms with Gasteiger partial charge in [0.15, 0.2) is 15.6 Å². The molecule has 0 aromatic heterocycles. The van der Waals surface area contributed by atoms with E-state index in [0.29, 0.717) is 17.9 Å². The molecule has 1 atom stereocenters. The van der Waals surface area contributed by atoms with Crippen LogP contribution in [0.25, 0.3) is 0 Å². The first-order chi connectivity index (χ1) is 15.3. The van der Waals surface area contributed by atoms with Crippen LogP contribution in [0, 0.1) is 11.8 Å². The van der Waals surface area contributed by atoms with Gasteiger partial charge in [0.05, 0.1) is 10.5 Å². The Labute approximate surface area is 204 Å². The fourth-order valence-electron chi connectivity index (χ4n) is 4.91. The highest BCUT2D eigenvalue weighted by atomic mass is 35.5. The average molecular weight is 489 g/mol. The maximum absolute atomic E-state index is 13.3. The standard InChI is InChI=1S/C28H37ClO3S/c1-20(2)17-24(28(15-6-16-28)23-11-13-25(29)14-12-23)18-26(30)22-9-7-21(8-10-22)19-33(31,32)27(3,4)5/h7-14,20,24H,6,15-19H2,1-5H3. The number of halogens is 1. The molecule has 0 amide bonds. The predicted molar refractivity (Wildman–Crippen MR) is 138 cm³/mol. The molecule has 0 spiro atoms. The van der Waals surface area contributed by atoms with Crippen LogP contribution in [0.5, 0.6) is 0 Å². The van der Waals surface area contributed by atoms with E-state index in [2.05, 4.69) is 26.0 Å². The van der Waals surface area contributed by atoms with Gasteiger partial charge < -0.3 is 0 Å². The molecule has 3 nitrogen and oxygen atoms in total. The minimum atomic E-state index is -3.26. The highest BCUT2D eigenvalue weighted by Gasteiger charge is 2.46. The fraction of sp³-hybridized carbons (Fsp3) is 0.536. The van der Waals surface area contributed by atoms with Gasteiger partial charge in [-0.1, -0.05) is 68.3 Å². The lowest BCUT2D eigenvalue weighted by atomic mass is 9.55. The lowest BCUT2D eigenvalue weighted by Gasteiger charge is -2.49. The first kappa shape index (κ1) is 26.0. The van der Waals surface area contributed by atoms with Crippen LogP contribution in [0.15, 0.2) is 48.5 Å². The summed E-state index contributed by atoms with van der Waals surface area (Å²) in [6, 6.07) is 15.3. The Bertz CT molecular complexity index is 1060. The zero-order valence-corrected chi connectivity index (χ0v) is 22.1. The molecule has 33 heavy (non-hydrogen) atoms. The van der Waals surface area contributed by atoms with E-state index in [1.165, 1.54) is 12.0 Å². The number of hydrogen-bond donors (Lipinski definition) is 0. The van der Waals surface area contributed by atoms with Crippen LogP contribution in [0.2, 0.25) is 5.02 Å². The molecule has 0 heterocycles. The van der Waals surface area contributed by atoms with Crippen molar-refractivity contribution in [2.24, 2.45) is 11.8 Å². The third-order valence-electron chi connectivity index (χ3n) is 7.20. The minimum absolute atomic E-state index is 0.0133. The monoisotopic (exact) mass is 488 g/mol. The third-order valence-corrected chi connectivity index (χ3v) is 10.0. The van der Waals surface area contributed by atoms with E-state index >= 15 is 0 Å². The van der Waals surface area contributed by atoms with E-state index in [-0.39, 0.29) is 22.9 Å². The van der Waals surface area contributed by atoms with E-state index in [0.717, 1.165) is 29.8 Å². The maximum atomic E-state index is 13.3. The van der Waals surface area contributed by atoms with Crippen molar-refractivity contribution in [3.8, 4) is 0 Å². The number of sulfone groups is 1. The van der Waals surface area contributed by atoms with Gasteiger partial charge in [-0.15, -0.1) is 0 Å². The van der Waals surface area contributed by atoms with Gasteiger partial charge in [-0.3, -0.25) is 4.79 Å². The number of carbonyl (C=O) groups is 1. The SMILES string of the molecule is CC(C)CC(CC(=O)c1ccc(CS(=O)(=O)C(C)(C)C)cc1)C1(c2ccc(Cl)cc2)CCC1. The van der Waals surface area contributed by atoms with Crippen molar-refractivity contribution in [1.82, 2.24) is 0 Å². The summed E-state index contributed by atoms with van der Waals surface area (Å²) in [6.45, 7) is 9.58. The molecule has 0 bridgehead atoms. The van der Waals surface area contributed by atoms with Crippen LogP contribution in [0.3, 0.4) is 0 Å². The number of benzene rings is 2. The Morgan fingerprint density at radius 2 is 1.58 bits per heavy atom. The lowest BCUT2D eigenvalue weighted by molar-refractivity contribution is 0.0814. The Kier molecular flexibility index (Phi) is 7.80. The van der Waals surface area contributed by atoms with Crippen LogP contribution in [0.1, 0.15) is 88.2 Å². The fourth-order valence-corrected chi connectivity index (χ4v) is 6.10. The summed E-state index contributed by atoms with van der Waals surface area (Å²) < 4.78 is 24.2. The Hall–Kier alpha value is -1.65. The number of Topliss-reactive ketones (excluding diaryl/α,β-unsaturated/α-hetero) is 1. The molecule has 1 aliphatic rings. The van der Waals surface area contributed by atoms with Gasteiger partial charge in [0.25, 0.3) is 0 Å². The third kappa shape index (κ3) is 5.89. The van der Waals surface area contributed by atoms with Crippen molar-refractivity contribution in [3.05, 3.63) is 70.2 Å². The van der Waals surface area contributed by atoms with Crippen LogP contribution < -0.4 is 0 Å². The molecule has 1 unspecified atom stereocenters. The van der Waals surface area contributed by atoms with Gasteiger partial charge in [0.2, 0.25) is 0 Å². The second-order valence-electron chi connectivity index (χ2n) is 11.0. The molecule has 180 valence electrons. The van der Waals surface area contributed by atoms with Crippen molar-refractivity contribution in [2.75, 3.05) is 0 Å². The zero-order chi connectivity index (χ0) is 24.4. The Morgan fingerprint density at radius 1 is 1.00 bits per heavy atom. The Balaban J connectivity index is 1.80. The summed E-state index contributed by atoms with van der Waals surface area (Å²) in [6.07, 6.45) is 4.88. The molecular weight excluding hydrogens is 452 g/mol. The van der Waals surface area contributed by atoms with E-state index in [4.69, 9.17) is 11.6 Å². The van der Waals surface area contributed by atoms with Crippen LogP contribution in [-0.4, -0.2) is 18.9 Å². The normalized spacial score (nSPS) is 16.9. The topological polar surface area (TPSA) is 51.2 Å². The van der Waals surface area contributed by atoms with Crippen LogP contribution in [0.4, 0.5) is 0 Å². The van der Waals surface area contributed by atoms with Crippen molar-refractivity contribution in [3.63, 3.8) is 0 Å². The first-order valence-electron chi connectivity index (χ1n) is 11.9. The highest BCUT2D eigenvalue weighted by molar-refractivity contribution is 7.91. The van der Waals surface area contributed by atoms with E-state index in [9.17, 15) is 13.2 Å². The molecule has 0 radical (unpaired) electrons. The summed E-state index contributed by atoms with van der Waals surface area (Å²) in [5, 5.41) is 0.735. The summed E-state index contributed by atoms with van der Waals surface area (Å²) in [4.78, 5) is 13.3. The second kappa shape index (κ2) is 9.92. The maximum Gasteiger partial charge on any atom is 0.163 e. The lowest BCUT2D eigenvalue weighted by Crippen LogP contribution is -2.43. The number of carbonyl (C=O) groups excluding carboxylic acids is 1. The van der Waals surface area contributed by atoms with Crippen molar-refractivity contribution < 1.29 is 13.2 Å². The molecule has 1 fully saturated rings. The number of hydrogen-bond acceptors (Lipinski definition) is 3. The van der Waals surface area contributed by atoms with Crippen LogP contribution >= 0.6 is 11.6 Å². The molecule has 2 aromatic rings. The minimum Gasteiger partial charge on any atom is -0.294 e. The molecule has 0 aliphatic heterocycles. The molecule has 0 N–H and O–H groups in total. The molecule has 1 saturated carbocycles. The van der Waals surface area contributed by atoms with Gasteiger partial charge in [0, 0.05) is 17.0 Å². The first-order valence-corrected chi connectivity index (χ1v) is 14.0. The number of rotatable bonds is 9. The molecule has 0 saturated heterocycles. The Morgan fingerprint density at radius 3 is 2.03 bits per heavy atom. The van der Waals surface area contributed by atoms with E-state index in [1.54, 1.807) is 45.0 Å².